The Balaban J connectivity index is 1.09. The minimum atomic E-state index is -1.91. The summed E-state index contributed by atoms with van der Waals surface area (Å²) in [6.45, 7) is 3.99. The number of aryl methyl sites for hydroxylation is 1. The average Bonchev–Trinajstić information content (AvgIpc) is 4.02. The molecule has 4 heterocycles. The fourth-order valence-electron chi connectivity index (χ4n) is 7.67. The van der Waals surface area contributed by atoms with Crippen molar-refractivity contribution in [2.75, 3.05) is 35.2 Å². The van der Waals surface area contributed by atoms with Crippen LogP contribution in [0.15, 0.2) is 91.1 Å². The number of anilines is 3. The molecule has 0 radical (unpaired) electrons. The fourth-order valence-corrected chi connectivity index (χ4v) is 7.67. The van der Waals surface area contributed by atoms with Crippen molar-refractivity contribution in [1.29, 1.82) is 0 Å². The summed E-state index contributed by atoms with van der Waals surface area (Å²) in [6.07, 6.45) is 9.56. The minimum Gasteiger partial charge on any atom is -0.395 e. The highest BCUT2D eigenvalue weighted by atomic mass is 16.3. The summed E-state index contributed by atoms with van der Waals surface area (Å²) in [5.41, 5.74) is 2.60. The van der Waals surface area contributed by atoms with Gasteiger partial charge in [0.2, 0.25) is 11.8 Å². The number of fused-ring (bicyclic) bond motifs is 1. The van der Waals surface area contributed by atoms with Gasteiger partial charge < -0.3 is 36.4 Å². The normalized spacial score (nSPS) is 22.1. The predicted molar refractivity (Wildman–Crippen MR) is 206 cm³/mol. The molecule has 282 valence electrons. The van der Waals surface area contributed by atoms with Gasteiger partial charge in [0.05, 0.1) is 42.5 Å². The van der Waals surface area contributed by atoms with E-state index in [0.29, 0.717) is 41.3 Å². The molecule has 0 spiro atoms. The second-order valence-electron chi connectivity index (χ2n) is 14.4. The molecule has 0 saturated carbocycles. The van der Waals surface area contributed by atoms with Gasteiger partial charge in [-0.05, 0) is 86.7 Å². The quantitative estimate of drug-likeness (QED) is 0.106. The molecule has 6 N–H and O–H groups in total. The maximum absolute atomic E-state index is 14.4. The van der Waals surface area contributed by atoms with E-state index in [1.54, 1.807) is 27.8 Å². The SMILES string of the molecule is C[C@H](/C=C/CCn1cc(C(CO)c2ccccc2)nn1)[C@@]1(O)C(=O)N(Cc2cccc(NC(=O)[C@H]3CCCN3)c2)c2ccc(NC(=O)[C@H]3CCCN3)cc21. The zero-order valence-corrected chi connectivity index (χ0v) is 30.4. The molecular formula is C41H48N8O5. The summed E-state index contributed by atoms with van der Waals surface area (Å²) in [5, 5.41) is 43.4. The first-order chi connectivity index (χ1) is 26.2. The summed E-state index contributed by atoms with van der Waals surface area (Å²) in [5.74, 6) is -1.63. The van der Waals surface area contributed by atoms with Crippen molar-refractivity contribution in [1.82, 2.24) is 25.6 Å². The van der Waals surface area contributed by atoms with Gasteiger partial charge in [0.15, 0.2) is 5.60 Å². The van der Waals surface area contributed by atoms with Crippen LogP contribution >= 0.6 is 0 Å². The number of amides is 3. The van der Waals surface area contributed by atoms with Gasteiger partial charge in [0.25, 0.3) is 5.91 Å². The van der Waals surface area contributed by atoms with E-state index in [2.05, 4.69) is 31.6 Å². The van der Waals surface area contributed by atoms with Gasteiger partial charge in [0, 0.05) is 35.6 Å². The van der Waals surface area contributed by atoms with Crippen molar-refractivity contribution in [3.05, 3.63) is 114 Å². The van der Waals surface area contributed by atoms with Crippen molar-refractivity contribution >= 4 is 34.8 Å². The number of hydrogen-bond acceptors (Lipinski definition) is 9. The number of aliphatic hydroxyl groups excluding tert-OH is 1. The van der Waals surface area contributed by atoms with Gasteiger partial charge in [0.1, 0.15) is 0 Å². The number of carbonyl (C=O) groups is 3. The Morgan fingerprint density at radius 1 is 0.963 bits per heavy atom. The van der Waals surface area contributed by atoms with Gasteiger partial charge in [-0.3, -0.25) is 19.1 Å². The number of allylic oxidation sites excluding steroid dienone is 1. The van der Waals surface area contributed by atoms with Gasteiger partial charge in [-0.1, -0.05) is 66.8 Å². The van der Waals surface area contributed by atoms with Crippen LogP contribution < -0.4 is 26.2 Å². The van der Waals surface area contributed by atoms with Gasteiger partial charge in [-0.2, -0.15) is 0 Å². The van der Waals surface area contributed by atoms with Crippen LogP contribution in [0.4, 0.5) is 17.1 Å². The highest BCUT2D eigenvalue weighted by Gasteiger charge is 2.52. The van der Waals surface area contributed by atoms with E-state index in [1.807, 2.05) is 79.9 Å². The smallest absolute Gasteiger partial charge is 0.264 e. The van der Waals surface area contributed by atoms with Crippen LogP contribution in [-0.2, 0) is 33.1 Å². The second-order valence-corrected chi connectivity index (χ2v) is 14.4. The van der Waals surface area contributed by atoms with E-state index in [0.717, 1.165) is 49.9 Å². The zero-order valence-electron chi connectivity index (χ0n) is 30.4. The molecule has 3 aromatic carbocycles. The summed E-state index contributed by atoms with van der Waals surface area (Å²) in [4.78, 5) is 41.8. The Bertz CT molecular complexity index is 1990. The van der Waals surface area contributed by atoms with E-state index < -0.39 is 17.4 Å². The number of aliphatic hydroxyl groups is 2. The summed E-state index contributed by atoms with van der Waals surface area (Å²) in [6, 6.07) is 21.8. The highest BCUT2D eigenvalue weighted by molar-refractivity contribution is 6.08. The van der Waals surface area contributed by atoms with Crippen LogP contribution in [0.3, 0.4) is 0 Å². The molecule has 0 aliphatic carbocycles. The molecule has 3 amide bonds. The van der Waals surface area contributed by atoms with Crippen molar-refractivity contribution in [2.24, 2.45) is 5.92 Å². The van der Waals surface area contributed by atoms with Crippen LogP contribution in [0.25, 0.3) is 0 Å². The van der Waals surface area contributed by atoms with E-state index in [1.165, 1.54) is 0 Å². The van der Waals surface area contributed by atoms with Gasteiger partial charge in [-0.25, -0.2) is 0 Å². The summed E-state index contributed by atoms with van der Waals surface area (Å²) in [7, 11) is 0. The summed E-state index contributed by atoms with van der Waals surface area (Å²) < 4.78 is 1.72. The number of nitrogens with zero attached hydrogens (tertiary/aromatic N) is 4. The highest BCUT2D eigenvalue weighted by Crippen LogP contribution is 2.47. The molecule has 13 nitrogen and oxygen atoms in total. The Morgan fingerprint density at radius 3 is 2.33 bits per heavy atom. The van der Waals surface area contributed by atoms with Crippen molar-refractivity contribution in [3.63, 3.8) is 0 Å². The number of aromatic nitrogens is 3. The van der Waals surface area contributed by atoms with Gasteiger partial charge >= 0.3 is 0 Å². The summed E-state index contributed by atoms with van der Waals surface area (Å²) >= 11 is 0. The van der Waals surface area contributed by atoms with Crippen molar-refractivity contribution in [2.45, 2.75) is 75.7 Å². The molecule has 2 saturated heterocycles. The minimum absolute atomic E-state index is 0.0876. The molecule has 54 heavy (non-hydrogen) atoms. The third-order valence-electron chi connectivity index (χ3n) is 10.7. The van der Waals surface area contributed by atoms with E-state index in [-0.39, 0.29) is 43.0 Å². The fraction of sp³-hybridized carbons (Fsp3) is 0.390. The number of carbonyl (C=O) groups excluding carboxylic acids is 3. The predicted octanol–water partition coefficient (Wildman–Crippen LogP) is 3.80. The molecular weight excluding hydrogens is 685 g/mol. The topological polar surface area (TPSA) is 174 Å². The first-order valence-corrected chi connectivity index (χ1v) is 18.8. The molecule has 7 rings (SSSR count). The van der Waals surface area contributed by atoms with Crippen LogP contribution in [0.2, 0.25) is 0 Å². The number of benzene rings is 3. The average molecular weight is 733 g/mol. The Morgan fingerprint density at radius 2 is 1.67 bits per heavy atom. The third kappa shape index (κ3) is 7.85. The largest absolute Gasteiger partial charge is 0.395 e. The first-order valence-electron chi connectivity index (χ1n) is 18.8. The second kappa shape index (κ2) is 16.4. The van der Waals surface area contributed by atoms with E-state index in [9.17, 15) is 24.6 Å². The maximum Gasteiger partial charge on any atom is 0.264 e. The third-order valence-corrected chi connectivity index (χ3v) is 10.7. The number of rotatable bonds is 14. The van der Waals surface area contributed by atoms with Crippen molar-refractivity contribution < 1.29 is 24.6 Å². The first kappa shape index (κ1) is 37.1. The molecule has 3 aliphatic rings. The van der Waals surface area contributed by atoms with Gasteiger partial charge in [-0.15, -0.1) is 5.10 Å². The lowest BCUT2D eigenvalue weighted by atomic mass is 9.82. The monoisotopic (exact) mass is 732 g/mol. The van der Waals surface area contributed by atoms with Crippen LogP contribution in [0.5, 0.6) is 0 Å². The molecule has 4 aromatic rings. The molecule has 5 atom stereocenters. The lowest BCUT2D eigenvalue weighted by Crippen LogP contribution is -2.44. The zero-order chi connectivity index (χ0) is 37.7. The maximum atomic E-state index is 14.4. The Labute approximate surface area is 314 Å². The molecule has 13 heteroatoms. The molecule has 3 aliphatic heterocycles. The standard InChI is InChI=1S/C41H48N8O5/c1-27(10-5-6-21-48-25-36(46-47-48)32(26-50)29-12-3-2-4-13-29)41(54)33-23-31(45-39(52)35-16-9-20-43-35)17-18-37(33)49(40(41)53)24-28-11-7-14-30(22-28)44-38(51)34-15-8-19-42-34/h2-5,7,10-14,17-18,22-23,25,27,32,34-35,42-43,50,54H,6,8-9,15-16,19-21,24,26H2,1H3,(H,44,51)(H,45,52)/b10-5+/t27-,32?,34-,35-,41+/m1/s1. The molecule has 1 unspecified atom stereocenters. The lowest BCUT2D eigenvalue weighted by molar-refractivity contribution is -0.139. The number of hydrogen-bond donors (Lipinski definition) is 6. The lowest BCUT2D eigenvalue weighted by Gasteiger charge is -2.28. The molecule has 0 bridgehead atoms. The Hall–Kier alpha value is -5.21. The molecule has 1 aromatic heterocycles. The van der Waals surface area contributed by atoms with E-state index >= 15 is 0 Å². The van der Waals surface area contributed by atoms with Crippen LogP contribution in [0, 0.1) is 5.92 Å². The van der Waals surface area contributed by atoms with Crippen LogP contribution in [-0.4, -0.2) is 74.7 Å². The number of nitrogens with one attached hydrogen (secondary N) is 4. The Kier molecular flexibility index (Phi) is 11.3. The van der Waals surface area contributed by atoms with Crippen LogP contribution in [0.1, 0.15) is 67.3 Å². The molecule has 2 fully saturated rings. The van der Waals surface area contributed by atoms with E-state index in [4.69, 9.17) is 0 Å². The van der Waals surface area contributed by atoms with Crippen molar-refractivity contribution in [3.8, 4) is 0 Å².